The molecule has 7 nitrogen and oxygen atoms in total. The summed E-state index contributed by atoms with van der Waals surface area (Å²) in [5.74, 6) is -2.24. The number of quaternary nitrogens is 1. The van der Waals surface area contributed by atoms with Crippen LogP contribution in [0.4, 0.5) is 0 Å². The molecule has 0 radical (unpaired) electrons. The Bertz CT molecular complexity index is 353. The normalized spacial score (nSPS) is 27.8. The van der Waals surface area contributed by atoms with Crippen LogP contribution < -0.4 is 5.73 Å². The van der Waals surface area contributed by atoms with Gasteiger partial charge in [0.25, 0.3) is 10.4 Å². The average Bonchev–Trinajstić information content (AvgIpc) is 1.79. The summed E-state index contributed by atoms with van der Waals surface area (Å²) in [5.41, 5.74) is 3.14. The summed E-state index contributed by atoms with van der Waals surface area (Å²) in [6.45, 7) is 0. The van der Waals surface area contributed by atoms with Crippen molar-refractivity contribution in [3.05, 3.63) is 24.2 Å². The SMILES string of the molecule is [NH3+]C1(O)C=C(OS(=O)(=O)[O-])C=CO1. The third-order valence-electron chi connectivity index (χ3n) is 1.07. The fourth-order valence-corrected chi connectivity index (χ4v) is 1.03. The highest BCUT2D eigenvalue weighted by Crippen LogP contribution is 2.14. The molecule has 0 saturated carbocycles. The molecule has 74 valence electrons. The summed E-state index contributed by atoms with van der Waals surface area (Å²) < 4.78 is 38.8. The van der Waals surface area contributed by atoms with Crippen molar-refractivity contribution in [3.8, 4) is 0 Å². The lowest BCUT2D eigenvalue weighted by Gasteiger charge is -2.19. The summed E-state index contributed by atoms with van der Waals surface area (Å²) in [7, 11) is -4.84. The molecule has 0 saturated heterocycles. The van der Waals surface area contributed by atoms with Crippen molar-refractivity contribution in [2.24, 2.45) is 0 Å². The van der Waals surface area contributed by atoms with Crippen molar-refractivity contribution in [2.45, 2.75) is 5.91 Å². The van der Waals surface area contributed by atoms with Crippen molar-refractivity contribution in [3.63, 3.8) is 0 Å². The zero-order valence-corrected chi connectivity index (χ0v) is 7.15. The second-order valence-electron chi connectivity index (χ2n) is 2.30. The van der Waals surface area contributed by atoms with Crippen molar-refractivity contribution in [1.82, 2.24) is 0 Å². The Balaban J connectivity index is 2.83. The summed E-state index contributed by atoms with van der Waals surface area (Å²) in [6.07, 6.45) is 2.88. The van der Waals surface area contributed by atoms with E-state index in [9.17, 15) is 13.0 Å². The second-order valence-corrected chi connectivity index (χ2v) is 3.29. The van der Waals surface area contributed by atoms with Gasteiger partial charge >= 0.3 is 5.91 Å². The highest BCUT2D eigenvalue weighted by Gasteiger charge is 2.27. The van der Waals surface area contributed by atoms with Crippen LogP contribution in [-0.4, -0.2) is 24.0 Å². The van der Waals surface area contributed by atoms with Gasteiger partial charge in [0.05, 0.1) is 12.3 Å². The van der Waals surface area contributed by atoms with Gasteiger partial charge in [0.2, 0.25) is 0 Å². The maximum Gasteiger partial charge on any atom is 0.379 e. The lowest BCUT2D eigenvalue weighted by Crippen LogP contribution is -2.73. The standard InChI is InChI=1S/C5H7NO6S/c6-5(7)3-4(1-2-11-5)12-13(8,9)10/h1-3,7H,6H2,(H,8,9,10). The number of rotatable bonds is 2. The molecule has 0 bridgehead atoms. The first-order valence-electron chi connectivity index (χ1n) is 3.09. The fourth-order valence-electron chi connectivity index (χ4n) is 0.693. The van der Waals surface area contributed by atoms with E-state index < -0.39 is 16.3 Å². The molecule has 8 heteroatoms. The third kappa shape index (κ3) is 3.42. The molecule has 0 aromatic heterocycles. The van der Waals surface area contributed by atoms with Gasteiger partial charge in [0, 0.05) is 6.08 Å². The summed E-state index contributed by atoms with van der Waals surface area (Å²) in [5, 5.41) is 9.10. The van der Waals surface area contributed by atoms with Gasteiger partial charge in [-0.05, 0) is 0 Å². The van der Waals surface area contributed by atoms with Crippen LogP contribution in [0.25, 0.3) is 0 Å². The number of ether oxygens (including phenoxy) is 1. The predicted octanol–water partition coefficient (Wildman–Crippen LogP) is -2.22. The van der Waals surface area contributed by atoms with Gasteiger partial charge in [-0.1, -0.05) is 0 Å². The van der Waals surface area contributed by atoms with Crippen LogP contribution in [0, 0.1) is 0 Å². The van der Waals surface area contributed by atoms with Crippen LogP contribution in [-0.2, 0) is 19.3 Å². The minimum Gasteiger partial charge on any atom is -0.716 e. The van der Waals surface area contributed by atoms with Crippen LogP contribution in [0.1, 0.15) is 0 Å². The lowest BCUT2D eigenvalue weighted by molar-refractivity contribution is -0.597. The van der Waals surface area contributed by atoms with Crippen molar-refractivity contribution in [1.29, 1.82) is 0 Å². The van der Waals surface area contributed by atoms with Gasteiger partial charge in [-0.15, -0.1) is 0 Å². The summed E-state index contributed by atoms with van der Waals surface area (Å²) >= 11 is 0. The molecule has 1 heterocycles. The van der Waals surface area contributed by atoms with Crippen LogP contribution in [0.5, 0.6) is 0 Å². The quantitative estimate of drug-likeness (QED) is 0.301. The van der Waals surface area contributed by atoms with Crippen molar-refractivity contribution >= 4 is 10.4 Å². The first-order chi connectivity index (χ1) is 5.79. The van der Waals surface area contributed by atoms with E-state index in [1.165, 1.54) is 0 Å². The average molecular weight is 209 g/mol. The molecule has 4 N–H and O–H groups in total. The smallest absolute Gasteiger partial charge is 0.379 e. The number of aliphatic hydroxyl groups is 1. The van der Waals surface area contributed by atoms with Gasteiger partial charge in [-0.3, -0.25) is 5.73 Å². The number of hydrogen-bond donors (Lipinski definition) is 2. The van der Waals surface area contributed by atoms with Gasteiger partial charge in [-0.25, -0.2) is 8.42 Å². The zero-order chi connectivity index (χ0) is 10.1. The Morgan fingerprint density at radius 1 is 1.69 bits per heavy atom. The van der Waals surface area contributed by atoms with E-state index in [4.69, 9.17) is 5.11 Å². The third-order valence-corrected chi connectivity index (χ3v) is 1.47. The molecular weight excluding hydrogens is 202 g/mol. The van der Waals surface area contributed by atoms with Crippen LogP contribution in [0.2, 0.25) is 0 Å². The lowest BCUT2D eigenvalue weighted by atomic mass is 10.3. The molecule has 0 aromatic rings. The summed E-state index contributed by atoms with van der Waals surface area (Å²) in [6, 6.07) is 0. The molecule has 1 unspecified atom stereocenters. The van der Waals surface area contributed by atoms with Gasteiger partial charge in [0.15, 0.2) is 5.76 Å². The van der Waals surface area contributed by atoms with E-state index in [2.05, 4.69) is 14.7 Å². The van der Waals surface area contributed by atoms with Gasteiger partial charge in [0.1, 0.15) is 0 Å². The van der Waals surface area contributed by atoms with Gasteiger partial charge < -0.3 is 18.6 Å². The summed E-state index contributed by atoms with van der Waals surface area (Å²) in [4.78, 5) is 0. The largest absolute Gasteiger partial charge is 0.716 e. The van der Waals surface area contributed by atoms with E-state index in [0.29, 0.717) is 0 Å². The van der Waals surface area contributed by atoms with Crippen molar-refractivity contribution < 1.29 is 32.7 Å². The zero-order valence-electron chi connectivity index (χ0n) is 6.34. The van der Waals surface area contributed by atoms with E-state index in [1.807, 2.05) is 0 Å². The molecule has 0 fully saturated rings. The molecule has 0 spiro atoms. The Labute approximate surface area is 74.0 Å². The minimum absolute atomic E-state index is 0.334. The molecule has 1 aliphatic rings. The first-order valence-corrected chi connectivity index (χ1v) is 4.42. The molecule has 1 aliphatic heterocycles. The van der Waals surface area contributed by atoms with E-state index >= 15 is 0 Å². The molecular formula is C5H7NO6S. The van der Waals surface area contributed by atoms with Crippen LogP contribution in [0.3, 0.4) is 0 Å². The van der Waals surface area contributed by atoms with Gasteiger partial charge in [-0.2, -0.15) is 0 Å². The second kappa shape index (κ2) is 3.00. The van der Waals surface area contributed by atoms with E-state index in [0.717, 1.165) is 18.4 Å². The number of hydrogen-bond acceptors (Lipinski definition) is 6. The molecule has 1 rings (SSSR count). The molecule has 0 aliphatic carbocycles. The highest BCUT2D eigenvalue weighted by atomic mass is 32.3. The Kier molecular flexibility index (Phi) is 2.30. The molecule has 0 amide bonds. The van der Waals surface area contributed by atoms with E-state index in [-0.39, 0.29) is 5.76 Å². The minimum atomic E-state index is -4.84. The fraction of sp³-hybridized carbons (Fsp3) is 0.200. The van der Waals surface area contributed by atoms with Crippen LogP contribution in [0.15, 0.2) is 24.2 Å². The first kappa shape index (κ1) is 9.99. The Morgan fingerprint density at radius 2 is 2.31 bits per heavy atom. The monoisotopic (exact) mass is 209 g/mol. The Hall–Kier alpha value is -1.09. The topological polar surface area (TPSA) is 124 Å². The maximum atomic E-state index is 10.1. The van der Waals surface area contributed by atoms with Crippen molar-refractivity contribution in [2.75, 3.05) is 0 Å². The molecule has 0 aromatic carbocycles. The maximum absolute atomic E-state index is 10.1. The van der Waals surface area contributed by atoms with Crippen LogP contribution >= 0.6 is 0 Å². The Morgan fingerprint density at radius 3 is 2.77 bits per heavy atom. The van der Waals surface area contributed by atoms with E-state index in [1.54, 1.807) is 0 Å². The predicted molar refractivity (Wildman–Crippen MR) is 36.9 cm³/mol. The highest BCUT2D eigenvalue weighted by molar-refractivity contribution is 7.80. The molecule has 1 atom stereocenters. The number of allylic oxidation sites excluding steroid dienone is 1. The molecule has 13 heavy (non-hydrogen) atoms.